The molecule has 0 radical (unpaired) electrons. The number of carbonyl (C=O) groups is 2. The average molecular weight is 230 g/mol. The summed E-state index contributed by atoms with van der Waals surface area (Å²) < 4.78 is 15.0. The molecule has 16 heavy (non-hydrogen) atoms. The molecule has 0 N–H and O–H groups in total. The van der Waals surface area contributed by atoms with Gasteiger partial charge in [-0.3, -0.25) is 9.59 Å². The molecule has 0 aromatic carbocycles. The molecule has 1 heterocycles. The Morgan fingerprint density at radius 1 is 1.44 bits per heavy atom. The van der Waals surface area contributed by atoms with E-state index in [2.05, 4.69) is 0 Å². The Balaban J connectivity index is 2.71. The monoisotopic (exact) mass is 230 g/mol. The minimum Gasteiger partial charge on any atom is -0.469 e. The highest BCUT2D eigenvalue weighted by Crippen LogP contribution is 2.40. The molecule has 5 nitrogen and oxygen atoms in total. The van der Waals surface area contributed by atoms with Crippen molar-refractivity contribution < 1.29 is 23.8 Å². The molecule has 0 amide bonds. The maximum Gasteiger partial charge on any atom is 0.313 e. The van der Waals surface area contributed by atoms with Gasteiger partial charge >= 0.3 is 5.97 Å². The van der Waals surface area contributed by atoms with Gasteiger partial charge in [0.05, 0.1) is 32.3 Å². The Bertz CT molecular complexity index is 278. The van der Waals surface area contributed by atoms with Crippen LogP contribution in [0.4, 0.5) is 0 Å². The number of carbonyl (C=O) groups excluding carboxylic acids is 2. The van der Waals surface area contributed by atoms with Crippen molar-refractivity contribution in [1.29, 1.82) is 0 Å². The van der Waals surface area contributed by atoms with E-state index in [1.54, 1.807) is 6.92 Å². The summed E-state index contributed by atoms with van der Waals surface area (Å²) in [4.78, 5) is 21.8. The molecule has 2 atom stereocenters. The SMILES string of the molecule is COC(=O)C1(C)COCC(C)(COC=O)C1. The van der Waals surface area contributed by atoms with Crippen molar-refractivity contribution in [2.45, 2.75) is 20.3 Å². The first-order valence-electron chi connectivity index (χ1n) is 5.17. The first kappa shape index (κ1) is 13.0. The molecule has 1 saturated heterocycles. The van der Waals surface area contributed by atoms with Crippen LogP contribution >= 0.6 is 0 Å². The van der Waals surface area contributed by atoms with Gasteiger partial charge in [-0.25, -0.2) is 0 Å². The lowest BCUT2D eigenvalue weighted by Crippen LogP contribution is -2.47. The highest BCUT2D eigenvalue weighted by atomic mass is 16.5. The van der Waals surface area contributed by atoms with Crippen molar-refractivity contribution in [2.75, 3.05) is 26.9 Å². The molecule has 0 spiro atoms. The molecule has 5 heteroatoms. The van der Waals surface area contributed by atoms with Crippen molar-refractivity contribution in [1.82, 2.24) is 0 Å². The highest BCUT2D eigenvalue weighted by molar-refractivity contribution is 5.76. The van der Waals surface area contributed by atoms with Gasteiger partial charge in [-0.1, -0.05) is 6.92 Å². The largest absolute Gasteiger partial charge is 0.469 e. The summed E-state index contributed by atoms with van der Waals surface area (Å²) in [5.41, 5.74) is -0.990. The molecule has 1 fully saturated rings. The summed E-state index contributed by atoms with van der Waals surface area (Å²) in [6.45, 7) is 5.22. The van der Waals surface area contributed by atoms with Gasteiger partial charge in [0.2, 0.25) is 0 Å². The maximum atomic E-state index is 11.6. The van der Waals surface area contributed by atoms with E-state index in [9.17, 15) is 9.59 Å². The third-order valence-corrected chi connectivity index (χ3v) is 2.87. The number of hydrogen-bond acceptors (Lipinski definition) is 5. The second-order valence-electron chi connectivity index (χ2n) is 4.94. The van der Waals surface area contributed by atoms with Gasteiger partial charge in [-0.15, -0.1) is 0 Å². The number of esters is 1. The number of ether oxygens (including phenoxy) is 3. The Morgan fingerprint density at radius 2 is 2.12 bits per heavy atom. The molecular weight excluding hydrogens is 212 g/mol. The summed E-state index contributed by atoms with van der Waals surface area (Å²) in [5.74, 6) is -0.287. The first-order chi connectivity index (χ1) is 7.46. The smallest absolute Gasteiger partial charge is 0.313 e. The topological polar surface area (TPSA) is 61.8 Å². The van der Waals surface area contributed by atoms with Crippen LogP contribution in [-0.2, 0) is 23.8 Å². The van der Waals surface area contributed by atoms with Crippen LogP contribution in [0.5, 0.6) is 0 Å². The lowest BCUT2D eigenvalue weighted by Gasteiger charge is -2.41. The van der Waals surface area contributed by atoms with Crippen molar-refractivity contribution in [3.8, 4) is 0 Å². The van der Waals surface area contributed by atoms with E-state index in [1.165, 1.54) is 7.11 Å². The van der Waals surface area contributed by atoms with E-state index < -0.39 is 5.41 Å². The van der Waals surface area contributed by atoms with Crippen LogP contribution in [0.2, 0.25) is 0 Å². The number of hydrogen-bond donors (Lipinski definition) is 0. The van der Waals surface area contributed by atoms with Crippen molar-refractivity contribution in [3.05, 3.63) is 0 Å². The van der Waals surface area contributed by atoms with Crippen LogP contribution in [0, 0.1) is 10.8 Å². The number of methoxy groups -OCH3 is 1. The predicted molar refractivity (Wildman–Crippen MR) is 55.7 cm³/mol. The van der Waals surface area contributed by atoms with Crippen molar-refractivity contribution >= 4 is 12.4 Å². The normalized spacial score (nSPS) is 34.2. The van der Waals surface area contributed by atoms with E-state index in [4.69, 9.17) is 14.2 Å². The molecule has 0 aliphatic carbocycles. The van der Waals surface area contributed by atoms with Gasteiger partial charge < -0.3 is 14.2 Å². The van der Waals surface area contributed by atoms with Gasteiger partial charge in [-0.05, 0) is 13.3 Å². The van der Waals surface area contributed by atoms with Crippen molar-refractivity contribution in [2.24, 2.45) is 10.8 Å². The average Bonchev–Trinajstić information content (AvgIpc) is 2.25. The molecule has 92 valence electrons. The molecule has 1 aliphatic heterocycles. The minimum absolute atomic E-state index is 0.253. The molecule has 0 saturated carbocycles. The van der Waals surface area contributed by atoms with Gasteiger partial charge in [0.25, 0.3) is 6.47 Å². The summed E-state index contributed by atoms with van der Waals surface area (Å²) in [6.07, 6.45) is 0.584. The standard InChI is InChI=1S/C11H18O5/c1-10(6-16-8-12)4-11(2,7-15-5-10)9(13)14-3/h8H,4-7H2,1-3H3. The second-order valence-corrected chi connectivity index (χ2v) is 4.94. The van der Waals surface area contributed by atoms with Crippen LogP contribution in [0.25, 0.3) is 0 Å². The lowest BCUT2D eigenvalue weighted by atomic mass is 9.72. The van der Waals surface area contributed by atoms with Crippen LogP contribution < -0.4 is 0 Å². The van der Waals surface area contributed by atoms with Crippen molar-refractivity contribution in [3.63, 3.8) is 0 Å². The maximum absolute atomic E-state index is 11.6. The fourth-order valence-electron chi connectivity index (χ4n) is 2.27. The zero-order valence-electron chi connectivity index (χ0n) is 9.95. The summed E-state index contributed by atoms with van der Waals surface area (Å²) in [5, 5.41) is 0. The summed E-state index contributed by atoms with van der Waals surface area (Å²) >= 11 is 0. The molecule has 0 aromatic rings. The lowest BCUT2D eigenvalue weighted by molar-refractivity contribution is -0.171. The van der Waals surface area contributed by atoms with Gasteiger partial charge in [-0.2, -0.15) is 0 Å². The number of rotatable bonds is 4. The minimum atomic E-state index is -0.659. The molecular formula is C11H18O5. The fourth-order valence-corrected chi connectivity index (χ4v) is 2.27. The Kier molecular flexibility index (Phi) is 3.91. The Morgan fingerprint density at radius 3 is 2.69 bits per heavy atom. The zero-order chi connectivity index (χ0) is 12.2. The van der Waals surface area contributed by atoms with E-state index in [0.717, 1.165) is 0 Å². The van der Waals surface area contributed by atoms with E-state index in [-0.39, 0.29) is 18.0 Å². The quantitative estimate of drug-likeness (QED) is 0.527. The van der Waals surface area contributed by atoms with Gasteiger partial charge in [0, 0.05) is 5.41 Å². The molecule has 0 bridgehead atoms. The second kappa shape index (κ2) is 4.82. The molecule has 2 unspecified atom stereocenters. The van der Waals surface area contributed by atoms with Crippen LogP contribution in [0.3, 0.4) is 0 Å². The summed E-state index contributed by atoms with van der Waals surface area (Å²) in [6, 6.07) is 0. The predicted octanol–water partition coefficient (Wildman–Crippen LogP) is 0.765. The summed E-state index contributed by atoms with van der Waals surface area (Å²) in [7, 11) is 1.36. The van der Waals surface area contributed by atoms with E-state index in [1.807, 2.05) is 6.92 Å². The Labute approximate surface area is 95.0 Å². The van der Waals surface area contributed by atoms with Gasteiger partial charge in [0.15, 0.2) is 0 Å². The third-order valence-electron chi connectivity index (χ3n) is 2.87. The molecule has 1 rings (SSSR count). The van der Waals surface area contributed by atoms with E-state index >= 15 is 0 Å². The third kappa shape index (κ3) is 2.72. The molecule has 0 aromatic heterocycles. The van der Waals surface area contributed by atoms with Gasteiger partial charge in [0.1, 0.15) is 0 Å². The van der Waals surface area contributed by atoms with Crippen LogP contribution in [0.15, 0.2) is 0 Å². The first-order valence-corrected chi connectivity index (χ1v) is 5.17. The van der Waals surface area contributed by atoms with Crippen LogP contribution in [-0.4, -0.2) is 39.4 Å². The zero-order valence-corrected chi connectivity index (χ0v) is 9.95. The molecule has 1 aliphatic rings. The Hall–Kier alpha value is -1.10. The van der Waals surface area contributed by atoms with Crippen LogP contribution in [0.1, 0.15) is 20.3 Å². The van der Waals surface area contributed by atoms with E-state index in [0.29, 0.717) is 26.1 Å². The highest BCUT2D eigenvalue weighted by Gasteiger charge is 2.46. The fraction of sp³-hybridized carbons (Fsp3) is 0.818.